The lowest BCUT2D eigenvalue weighted by Crippen LogP contribution is -2.49. The van der Waals surface area contributed by atoms with Crippen molar-refractivity contribution in [1.82, 2.24) is 21.3 Å². The van der Waals surface area contributed by atoms with Gasteiger partial charge >= 0.3 is 6.09 Å². The number of aliphatic imine (C=N–C) groups is 1. The Kier molecular flexibility index (Phi) is 11.4. The third-order valence-corrected chi connectivity index (χ3v) is 3.90. The molecule has 0 aromatic carbocycles. The number of nitrogens with zero attached hydrogens (tertiary/aromatic N) is 1. The number of unbranched alkanes of at least 4 members (excludes halogenated alkanes) is 1. The number of carbonyl (C=O) groups excluding carboxylic acids is 2. The number of alkyl carbamates (subject to hydrolysis) is 1. The Hall–Kier alpha value is -2.71. The molecule has 0 aliphatic heterocycles. The maximum Gasteiger partial charge on any atom is 0.407 e. The monoisotopic (exact) mass is 423 g/mol. The number of carbonyl (C=O) groups is 2. The number of furan rings is 1. The molecule has 9 nitrogen and oxygen atoms in total. The van der Waals surface area contributed by atoms with Gasteiger partial charge < -0.3 is 30.4 Å². The van der Waals surface area contributed by atoms with E-state index in [-0.39, 0.29) is 18.5 Å². The quantitative estimate of drug-likeness (QED) is 0.321. The number of guanidine groups is 1. The van der Waals surface area contributed by atoms with Crippen molar-refractivity contribution in [2.45, 2.75) is 72.1 Å². The van der Waals surface area contributed by atoms with E-state index in [0.29, 0.717) is 31.4 Å². The van der Waals surface area contributed by atoms with Crippen molar-refractivity contribution in [3.05, 3.63) is 24.2 Å². The summed E-state index contributed by atoms with van der Waals surface area (Å²) in [5, 5.41) is 12.0. The number of hydrogen-bond donors (Lipinski definition) is 4. The van der Waals surface area contributed by atoms with E-state index in [1.54, 1.807) is 18.4 Å². The lowest BCUT2D eigenvalue weighted by atomic mass is 10.1. The van der Waals surface area contributed by atoms with Crippen LogP contribution in [-0.4, -0.2) is 49.2 Å². The van der Waals surface area contributed by atoms with Gasteiger partial charge in [0.2, 0.25) is 5.91 Å². The van der Waals surface area contributed by atoms with Gasteiger partial charge in [-0.1, -0.05) is 19.8 Å². The fraction of sp³-hybridized carbons (Fsp3) is 0.667. The zero-order valence-electron chi connectivity index (χ0n) is 18.8. The van der Waals surface area contributed by atoms with Crippen LogP contribution in [0.3, 0.4) is 0 Å². The molecule has 0 bridgehead atoms. The minimum absolute atomic E-state index is 0.0178. The van der Waals surface area contributed by atoms with Crippen LogP contribution in [0.5, 0.6) is 0 Å². The summed E-state index contributed by atoms with van der Waals surface area (Å²) in [5.74, 6) is 1.00. The second-order valence-corrected chi connectivity index (χ2v) is 7.92. The van der Waals surface area contributed by atoms with E-state index < -0.39 is 11.7 Å². The predicted molar refractivity (Wildman–Crippen MR) is 117 cm³/mol. The van der Waals surface area contributed by atoms with Crippen LogP contribution in [0.25, 0.3) is 0 Å². The molecule has 1 unspecified atom stereocenters. The molecule has 0 spiro atoms. The van der Waals surface area contributed by atoms with E-state index in [1.165, 1.54) is 0 Å². The summed E-state index contributed by atoms with van der Waals surface area (Å²) in [7, 11) is 0. The molecular formula is C21H37N5O4. The van der Waals surface area contributed by atoms with Crippen LogP contribution < -0.4 is 21.3 Å². The highest BCUT2D eigenvalue weighted by molar-refractivity contribution is 5.85. The molecule has 170 valence electrons. The average molecular weight is 424 g/mol. The van der Waals surface area contributed by atoms with E-state index in [4.69, 9.17) is 9.15 Å². The minimum atomic E-state index is -0.546. The first-order chi connectivity index (χ1) is 14.2. The Morgan fingerprint density at radius 3 is 2.57 bits per heavy atom. The van der Waals surface area contributed by atoms with Gasteiger partial charge in [0, 0.05) is 19.1 Å². The molecule has 1 heterocycles. The molecule has 4 N–H and O–H groups in total. The highest BCUT2D eigenvalue weighted by Crippen LogP contribution is 2.07. The van der Waals surface area contributed by atoms with Gasteiger partial charge in [-0.05, 0) is 46.2 Å². The van der Waals surface area contributed by atoms with Gasteiger partial charge in [-0.2, -0.15) is 0 Å². The van der Waals surface area contributed by atoms with Crippen LogP contribution in [0.4, 0.5) is 4.79 Å². The third-order valence-electron chi connectivity index (χ3n) is 3.90. The molecule has 0 aliphatic carbocycles. The molecule has 1 aromatic heterocycles. The van der Waals surface area contributed by atoms with E-state index >= 15 is 0 Å². The van der Waals surface area contributed by atoms with Crippen molar-refractivity contribution < 1.29 is 18.7 Å². The molecule has 1 rings (SSSR count). The lowest BCUT2D eigenvalue weighted by Gasteiger charge is -2.24. The van der Waals surface area contributed by atoms with E-state index in [2.05, 4.69) is 33.2 Å². The van der Waals surface area contributed by atoms with Crippen LogP contribution in [-0.2, 0) is 16.1 Å². The standard InChI is InChI=1S/C21H37N5O4/c1-6-8-10-16(13-25-20(28)30-21(3,4)5)26-19(22-7-2)24-15-18(27)23-14-17-11-9-12-29-17/h9,11-12,16H,6-8,10,13-15H2,1-5H3,(H,23,27)(H,25,28)(H2,22,24,26). The Morgan fingerprint density at radius 2 is 1.97 bits per heavy atom. The average Bonchev–Trinajstić information content (AvgIpc) is 3.18. The summed E-state index contributed by atoms with van der Waals surface area (Å²) in [5.41, 5.74) is -0.546. The molecule has 0 saturated heterocycles. The first kappa shape index (κ1) is 25.3. The highest BCUT2D eigenvalue weighted by Gasteiger charge is 2.18. The largest absolute Gasteiger partial charge is 0.467 e. The first-order valence-corrected chi connectivity index (χ1v) is 10.5. The summed E-state index contributed by atoms with van der Waals surface area (Å²) >= 11 is 0. The fourth-order valence-electron chi connectivity index (χ4n) is 2.52. The summed E-state index contributed by atoms with van der Waals surface area (Å²) < 4.78 is 10.5. The van der Waals surface area contributed by atoms with Crippen molar-refractivity contribution in [3.8, 4) is 0 Å². The molecule has 1 aromatic rings. The molecule has 9 heteroatoms. The predicted octanol–water partition coefficient (Wildman–Crippen LogP) is 2.53. The number of rotatable bonds is 11. The van der Waals surface area contributed by atoms with E-state index in [9.17, 15) is 9.59 Å². The van der Waals surface area contributed by atoms with Crippen molar-refractivity contribution in [2.24, 2.45) is 4.99 Å². The maximum absolute atomic E-state index is 12.1. The van der Waals surface area contributed by atoms with Gasteiger partial charge in [0.05, 0.1) is 12.8 Å². The van der Waals surface area contributed by atoms with Crippen LogP contribution in [0.1, 0.15) is 59.6 Å². The van der Waals surface area contributed by atoms with Gasteiger partial charge in [-0.25, -0.2) is 9.79 Å². The maximum atomic E-state index is 12.1. The SMILES string of the molecule is CCCCC(CNC(=O)OC(C)(C)C)NC(=NCC(=O)NCc1ccco1)NCC. The van der Waals surface area contributed by atoms with Gasteiger partial charge in [0.15, 0.2) is 5.96 Å². The molecule has 1 atom stereocenters. The van der Waals surface area contributed by atoms with Gasteiger partial charge in [-0.3, -0.25) is 4.79 Å². The van der Waals surface area contributed by atoms with Crippen LogP contribution in [0, 0.1) is 0 Å². The molecule has 0 saturated carbocycles. The minimum Gasteiger partial charge on any atom is -0.467 e. The number of amides is 2. The normalized spacial score (nSPS) is 12.8. The van der Waals surface area contributed by atoms with Gasteiger partial charge in [-0.15, -0.1) is 0 Å². The van der Waals surface area contributed by atoms with Crippen LogP contribution in [0.15, 0.2) is 27.8 Å². The van der Waals surface area contributed by atoms with E-state index in [1.807, 2.05) is 27.7 Å². The third kappa shape index (κ3) is 12.0. The van der Waals surface area contributed by atoms with E-state index in [0.717, 1.165) is 19.3 Å². The fourth-order valence-corrected chi connectivity index (χ4v) is 2.52. The number of nitrogens with one attached hydrogen (secondary N) is 4. The van der Waals surface area contributed by atoms with Crippen molar-refractivity contribution in [2.75, 3.05) is 19.6 Å². The van der Waals surface area contributed by atoms with Crippen LogP contribution >= 0.6 is 0 Å². The Labute approximate surface area is 179 Å². The molecule has 30 heavy (non-hydrogen) atoms. The van der Waals surface area contributed by atoms with Crippen molar-refractivity contribution in [3.63, 3.8) is 0 Å². The second kappa shape index (κ2) is 13.5. The zero-order valence-corrected chi connectivity index (χ0v) is 18.8. The lowest BCUT2D eigenvalue weighted by molar-refractivity contribution is -0.119. The first-order valence-electron chi connectivity index (χ1n) is 10.5. The van der Waals surface area contributed by atoms with Crippen LogP contribution in [0.2, 0.25) is 0 Å². The zero-order chi connectivity index (χ0) is 22.4. The summed E-state index contributed by atoms with van der Waals surface area (Å²) in [6, 6.07) is 3.53. The molecule has 2 amide bonds. The number of hydrogen-bond acceptors (Lipinski definition) is 5. The number of ether oxygens (including phenoxy) is 1. The van der Waals surface area contributed by atoms with Gasteiger partial charge in [0.25, 0.3) is 0 Å². The molecule has 0 aliphatic rings. The second-order valence-electron chi connectivity index (χ2n) is 7.92. The summed E-state index contributed by atoms with van der Waals surface area (Å²) in [4.78, 5) is 28.4. The smallest absolute Gasteiger partial charge is 0.407 e. The topological polar surface area (TPSA) is 117 Å². The van der Waals surface area contributed by atoms with Crippen molar-refractivity contribution >= 4 is 18.0 Å². The van der Waals surface area contributed by atoms with Crippen molar-refractivity contribution in [1.29, 1.82) is 0 Å². The Bertz CT molecular complexity index is 653. The molecule has 0 radical (unpaired) electrons. The summed E-state index contributed by atoms with van der Waals surface area (Å²) in [6.45, 7) is 10.9. The Balaban J connectivity index is 2.59. The molecule has 0 fully saturated rings. The highest BCUT2D eigenvalue weighted by atomic mass is 16.6. The molecular weight excluding hydrogens is 386 g/mol. The summed E-state index contributed by atoms with van der Waals surface area (Å²) in [6.07, 6.45) is 3.99. The van der Waals surface area contributed by atoms with Gasteiger partial charge in [0.1, 0.15) is 17.9 Å². The Morgan fingerprint density at radius 1 is 1.20 bits per heavy atom.